The molecule has 0 aromatic heterocycles. The van der Waals surface area contributed by atoms with Crippen LogP contribution < -0.4 is 0 Å². The smallest absolute Gasteiger partial charge is 0.303 e. The van der Waals surface area contributed by atoms with Crippen molar-refractivity contribution >= 4 is 5.97 Å². The molecule has 0 amide bonds. The first-order valence-corrected chi connectivity index (χ1v) is 6.14. The predicted molar refractivity (Wildman–Crippen MR) is 62.2 cm³/mol. The van der Waals surface area contributed by atoms with Crippen LogP contribution in [0.2, 0.25) is 0 Å². The lowest BCUT2D eigenvalue weighted by Crippen LogP contribution is -2.42. The van der Waals surface area contributed by atoms with Gasteiger partial charge < -0.3 is 15.3 Å². The van der Waals surface area contributed by atoms with Gasteiger partial charge in [-0.3, -0.25) is 4.79 Å². The van der Waals surface area contributed by atoms with Gasteiger partial charge in [0.15, 0.2) is 5.79 Å². The fraction of sp³-hybridized carbons (Fsp3) is 0.769. The van der Waals surface area contributed by atoms with Crippen LogP contribution in [0.1, 0.15) is 46.0 Å². The van der Waals surface area contributed by atoms with Crippen LogP contribution in [0.15, 0.2) is 11.1 Å². The van der Waals surface area contributed by atoms with Crippen molar-refractivity contribution in [1.29, 1.82) is 0 Å². The summed E-state index contributed by atoms with van der Waals surface area (Å²) in [6.45, 7) is 4.01. The molecule has 0 saturated carbocycles. The number of aliphatic hydroxyl groups is 2. The fourth-order valence-electron chi connectivity index (χ4n) is 3.50. The van der Waals surface area contributed by atoms with Gasteiger partial charge in [0, 0.05) is 5.92 Å². The minimum Gasteiger partial charge on any atom is -0.481 e. The van der Waals surface area contributed by atoms with Crippen LogP contribution in [-0.4, -0.2) is 27.1 Å². The molecule has 3 N–H and O–H groups in total. The van der Waals surface area contributed by atoms with Crippen LogP contribution in [0.4, 0.5) is 0 Å². The van der Waals surface area contributed by atoms with E-state index in [4.69, 9.17) is 5.11 Å². The van der Waals surface area contributed by atoms with E-state index in [1.807, 2.05) is 13.8 Å². The van der Waals surface area contributed by atoms with Gasteiger partial charge in [0.25, 0.3) is 0 Å². The van der Waals surface area contributed by atoms with Crippen molar-refractivity contribution in [2.45, 2.75) is 51.7 Å². The monoisotopic (exact) mass is 240 g/mol. The van der Waals surface area contributed by atoms with E-state index in [1.54, 1.807) is 0 Å². The maximum Gasteiger partial charge on any atom is 0.303 e. The molecule has 0 aromatic rings. The zero-order valence-corrected chi connectivity index (χ0v) is 10.4. The average Bonchev–Trinajstić information content (AvgIpc) is 2.37. The molecule has 0 bridgehead atoms. The van der Waals surface area contributed by atoms with Gasteiger partial charge in [-0.25, -0.2) is 0 Å². The lowest BCUT2D eigenvalue weighted by atomic mass is 9.71. The first-order chi connectivity index (χ1) is 7.75. The lowest BCUT2D eigenvalue weighted by molar-refractivity contribution is -0.178. The van der Waals surface area contributed by atoms with Crippen molar-refractivity contribution in [2.75, 3.05) is 0 Å². The van der Waals surface area contributed by atoms with Gasteiger partial charge in [-0.1, -0.05) is 19.4 Å². The van der Waals surface area contributed by atoms with E-state index < -0.39 is 17.7 Å². The topological polar surface area (TPSA) is 77.8 Å². The molecule has 96 valence electrons. The zero-order valence-electron chi connectivity index (χ0n) is 10.4. The molecule has 4 nitrogen and oxygen atoms in total. The van der Waals surface area contributed by atoms with E-state index in [-0.39, 0.29) is 11.8 Å². The van der Waals surface area contributed by atoms with E-state index >= 15 is 0 Å². The predicted octanol–water partition coefficient (Wildman–Crippen LogP) is 1.67. The third-order valence-corrected chi connectivity index (χ3v) is 4.16. The molecular formula is C13H20O4. The Morgan fingerprint density at radius 1 is 1.41 bits per heavy atom. The summed E-state index contributed by atoms with van der Waals surface area (Å²) in [5.41, 5.74) is 1.52. The maximum absolute atomic E-state index is 10.8. The summed E-state index contributed by atoms with van der Waals surface area (Å²) in [5.74, 6) is -3.50. The molecule has 1 atom stereocenters. The van der Waals surface area contributed by atoms with Crippen LogP contribution in [0, 0.1) is 11.3 Å². The Kier molecular flexibility index (Phi) is 2.83. The number of hydrogen-bond donors (Lipinski definition) is 3. The standard InChI is InChI=1S/C13H20O4/c1-12(2)5-3-4-8-6-9(7-10(14)15)13(16,17)11(8)12/h9,16-17H,3-7H2,1-2H3,(H,14,15). The summed E-state index contributed by atoms with van der Waals surface area (Å²) < 4.78 is 0. The summed E-state index contributed by atoms with van der Waals surface area (Å²) in [7, 11) is 0. The van der Waals surface area contributed by atoms with Gasteiger partial charge in [0.05, 0.1) is 6.42 Å². The molecule has 0 aliphatic heterocycles. The molecule has 0 aromatic carbocycles. The molecular weight excluding hydrogens is 220 g/mol. The third-order valence-electron chi connectivity index (χ3n) is 4.16. The van der Waals surface area contributed by atoms with Gasteiger partial charge in [0.2, 0.25) is 0 Å². The number of allylic oxidation sites excluding steroid dienone is 1. The van der Waals surface area contributed by atoms with Crippen molar-refractivity contribution in [3.63, 3.8) is 0 Å². The van der Waals surface area contributed by atoms with E-state index in [2.05, 4.69) is 0 Å². The summed E-state index contributed by atoms with van der Waals surface area (Å²) >= 11 is 0. The number of aliphatic carboxylic acids is 1. The highest BCUT2D eigenvalue weighted by Gasteiger charge is 2.52. The number of carbonyl (C=O) groups is 1. The average molecular weight is 240 g/mol. The highest BCUT2D eigenvalue weighted by Crippen LogP contribution is 2.54. The number of rotatable bonds is 2. The normalized spacial score (nSPS) is 30.2. The quantitative estimate of drug-likeness (QED) is 0.507. The van der Waals surface area contributed by atoms with Crippen LogP contribution in [-0.2, 0) is 4.79 Å². The fourth-order valence-corrected chi connectivity index (χ4v) is 3.50. The van der Waals surface area contributed by atoms with Crippen molar-refractivity contribution in [3.8, 4) is 0 Å². The molecule has 0 fully saturated rings. The van der Waals surface area contributed by atoms with Gasteiger partial charge >= 0.3 is 5.97 Å². The van der Waals surface area contributed by atoms with Crippen LogP contribution in [0.5, 0.6) is 0 Å². The van der Waals surface area contributed by atoms with Gasteiger partial charge in [0.1, 0.15) is 0 Å². The van der Waals surface area contributed by atoms with E-state index in [1.165, 1.54) is 0 Å². The second-order valence-corrected chi connectivity index (χ2v) is 5.94. The van der Waals surface area contributed by atoms with Crippen molar-refractivity contribution in [3.05, 3.63) is 11.1 Å². The third kappa shape index (κ3) is 2.00. The molecule has 2 rings (SSSR count). The minimum absolute atomic E-state index is 0.184. The Morgan fingerprint density at radius 2 is 2.06 bits per heavy atom. The largest absolute Gasteiger partial charge is 0.481 e. The van der Waals surface area contributed by atoms with E-state index in [9.17, 15) is 15.0 Å². The summed E-state index contributed by atoms with van der Waals surface area (Å²) in [6, 6.07) is 0. The Balaban J connectivity index is 2.33. The maximum atomic E-state index is 10.8. The molecule has 2 aliphatic carbocycles. The first-order valence-electron chi connectivity index (χ1n) is 6.14. The van der Waals surface area contributed by atoms with Gasteiger partial charge in [-0.05, 0) is 36.7 Å². The lowest BCUT2D eigenvalue weighted by Gasteiger charge is -2.38. The van der Waals surface area contributed by atoms with Crippen LogP contribution in [0.3, 0.4) is 0 Å². The number of hydrogen-bond acceptors (Lipinski definition) is 3. The molecule has 0 spiro atoms. The highest BCUT2D eigenvalue weighted by molar-refractivity contribution is 5.67. The highest BCUT2D eigenvalue weighted by atomic mass is 16.5. The van der Waals surface area contributed by atoms with Crippen LogP contribution in [0.25, 0.3) is 0 Å². The Labute approximate surface area is 101 Å². The molecule has 0 heterocycles. The van der Waals surface area contributed by atoms with Gasteiger partial charge in [-0.2, -0.15) is 0 Å². The molecule has 2 aliphatic rings. The Morgan fingerprint density at radius 3 is 2.59 bits per heavy atom. The Hall–Kier alpha value is -0.870. The van der Waals surface area contributed by atoms with Crippen molar-refractivity contribution < 1.29 is 20.1 Å². The van der Waals surface area contributed by atoms with Crippen molar-refractivity contribution in [2.24, 2.45) is 11.3 Å². The molecule has 4 heteroatoms. The van der Waals surface area contributed by atoms with Crippen LogP contribution >= 0.6 is 0 Å². The SMILES string of the molecule is CC1(C)CCCC2=C1C(O)(O)C(CC(=O)O)C2. The molecule has 0 saturated heterocycles. The summed E-state index contributed by atoms with van der Waals surface area (Å²) in [5, 5.41) is 29.4. The first kappa shape index (κ1) is 12.6. The summed E-state index contributed by atoms with van der Waals surface area (Å²) in [4.78, 5) is 10.8. The zero-order chi connectivity index (χ0) is 12.8. The van der Waals surface area contributed by atoms with E-state index in [0.717, 1.165) is 24.8 Å². The number of carboxylic acid groups (broad SMARTS) is 1. The van der Waals surface area contributed by atoms with E-state index in [0.29, 0.717) is 12.0 Å². The second-order valence-electron chi connectivity index (χ2n) is 5.94. The molecule has 1 unspecified atom stereocenters. The van der Waals surface area contributed by atoms with Gasteiger partial charge in [-0.15, -0.1) is 0 Å². The summed E-state index contributed by atoms with van der Waals surface area (Å²) in [6.07, 6.45) is 3.17. The minimum atomic E-state index is -1.93. The molecule has 17 heavy (non-hydrogen) atoms. The number of carboxylic acids is 1. The van der Waals surface area contributed by atoms with Crippen molar-refractivity contribution in [1.82, 2.24) is 0 Å². The second kappa shape index (κ2) is 3.82. The Bertz CT molecular complexity index is 379. The molecule has 0 radical (unpaired) electrons.